The van der Waals surface area contributed by atoms with E-state index >= 15 is 0 Å². The Bertz CT molecular complexity index is 3380. The number of fused-ring (bicyclic) bond motifs is 5. The van der Waals surface area contributed by atoms with Crippen LogP contribution >= 0.6 is 0 Å². The van der Waals surface area contributed by atoms with Gasteiger partial charge in [-0.3, -0.25) is 0 Å². The molecule has 4 nitrogen and oxygen atoms in total. The van der Waals surface area contributed by atoms with Crippen LogP contribution in [-0.4, -0.2) is 0 Å². The lowest BCUT2D eigenvalue weighted by Crippen LogP contribution is -2.13. The summed E-state index contributed by atoms with van der Waals surface area (Å²) in [7, 11) is 0. The summed E-state index contributed by atoms with van der Waals surface area (Å²) in [5.74, 6) is 1.67. The molecule has 0 fully saturated rings. The van der Waals surface area contributed by atoms with Crippen LogP contribution in [0, 0.1) is 0 Å². The van der Waals surface area contributed by atoms with Crippen LogP contribution in [0.3, 0.4) is 0 Å². The van der Waals surface area contributed by atoms with Gasteiger partial charge >= 0.3 is 0 Å². The number of rotatable bonds is 8. The van der Waals surface area contributed by atoms with E-state index in [1.807, 2.05) is 12.1 Å². The zero-order chi connectivity index (χ0) is 41.0. The van der Waals surface area contributed by atoms with Crippen molar-refractivity contribution in [3.05, 3.63) is 231 Å². The molecule has 1 aromatic heterocycles. The van der Waals surface area contributed by atoms with E-state index in [9.17, 15) is 0 Å². The third-order valence-corrected chi connectivity index (χ3v) is 12.1. The van der Waals surface area contributed by atoms with Gasteiger partial charge in [0.25, 0.3) is 0 Å². The van der Waals surface area contributed by atoms with Crippen molar-refractivity contribution in [2.75, 3.05) is 9.80 Å². The predicted octanol–water partition coefficient (Wildman–Crippen LogP) is 16.8. The van der Waals surface area contributed by atoms with E-state index in [0.29, 0.717) is 0 Å². The van der Waals surface area contributed by atoms with Gasteiger partial charge in [-0.05, 0) is 101 Å². The van der Waals surface area contributed by atoms with Crippen LogP contribution in [-0.2, 0) is 0 Å². The molecule has 292 valence electrons. The number of anilines is 6. The highest BCUT2D eigenvalue weighted by Gasteiger charge is 2.28. The molecule has 62 heavy (non-hydrogen) atoms. The maximum atomic E-state index is 6.89. The highest BCUT2D eigenvalue weighted by atomic mass is 16.5. The molecule has 0 aliphatic carbocycles. The summed E-state index contributed by atoms with van der Waals surface area (Å²) >= 11 is 0. The fourth-order valence-corrected chi connectivity index (χ4v) is 9.23. The van der Waals surface area contributed by atoms with Gasteiger partial charge in [0.15, 0.2) is 0 Å². The van der Waals surface area contributed by atoms with Crippen LogP contribution in [0.2, 0.25) is 0 Å². The molecule has 0 radical (unpaired) electrons. The summed E-state index contributed by atoms with van der Waals surface area (Å²) in [6.45, 7) is 0. The van der Waals surface area contributed by atoms with Crippen LogP contribution in [0.4, 0.5) is 34.1 Å². The molecule has 12 rings (SSSR count). The Labute approximate surface area is 359 Å². The standard InChI is InChI=1S/C58H38N2O2/c1-4-15-39(16-5-1)40-29-33-44(34-30-40)59(45-35-31-41(32-36-45)46-22-12-23-48-47-21-10-11-27-53(47)62-58(46)48)51-37-38-55-56-49(51)24-13-25-50(56)57-52(26-14-28-54(57)61-55)60(42-17-6-2-7-18-42)43-19-8-3-9-20-43/h1-38H. The van der Waals surface area contributed by atoms with E-state index in [4.69, 9.17) is 9.15 Å². The van der Waals surface area contributed by atoms with Crippen molar-refractivity contribution < 1.29 is 9.15 Å². The normalized spacial score (nSPS) is 11.7. The number of nitrogens with zero attached hydrogens (tertiary/aromatic N) is 2. The van der Waals surface area contributed by atoms with E-state index in [-0.39, 0.29) is 0 Å². The van der Waals surface area contributed by atoms with E-state index in [1.54, 1.807) is 0 Å². The van der Waals surface area contributed by atoms with Crippen LogP contribution in [0.25, 0.3) is 66.1 Å². The van der Waals surface area contributed by atoms with E-state index in [2.05, 4.69) is 228 Å². The predicted molar refractivity (Wildman–Crippen MR) is 257 cm³/mol. The van der Waals surface area contributed by atoms with E-state index < -0.39 is 0 Å². The monoisotopic (exact) mass is 794 g/mol. The fraction of sp³-hybridized carbons (Fsp3) is 0. The molecule has 0 saturated heterocycles. The van der Waals surface area contributed by atoms with Gasteiger partial charge in [0.05, 0.1) is 11.4 Å². The average Bonchev–Trinajstić information content (AvgIpc) is 3.73. The maximum absolute atomic E-state index is 6.89. The summed E-state index contributed by atoms with van der Waals surface area (Å²) in [4.78, 5) is 4.69. The third kappa shape index (κ3) is 5.92. The van der Waals surface area contributed by atoms with Crippen LogP contribution < -0.4 is 14.5 Å². The minimum absolute atomic E-state index is 0.829. The Balaban J connectivity index is 1.03. The molecule has 1 aliphatic heterocycles. The first-order valence-corrected chi connectivity index (χ1v) is 21.0. The number of hydrogen-bond donors (Lipinski definition) is 0. The number of furan rings is 1. The first-order valence-electron chi connectivity index (χ1n) is 21.0. The van der Waals surface area contributed by atoms with Crippen molar-refractivity contribution in [3.63, 3.8) is 0 Å². The largest absolute Gasteiger partial charge is 0.456 e. The lowest BCUT2D eigenvalue weighted by atomic mass is 9.91. The topological polar surface area (TPSA) is 28.9 Å². The summed E-state index contributed by atoms with van der Waals surface area (Å²) in [5.41, 5.74) is 14.8. The molecular formula is C58H38N2O2. The first-order chi connectivity index (χ1) is 30.8. The quantitative estimate of drug-likeness (QED) is 0.153. The number of ether oxygens (including phenoxy) is 1. The maximum Gasteiger partial charge on any atom is 0.143 e. The molecule has 11 aromatic rings. The van der Waals surface area contributed by atoms with Crippen molar-refractivity contribution >= 4 is 66.8 Å². The van der Waals surface area contributed by atoms with Crippen molar-refractivity contribution in [3.8, 4) is 44.9 Å². The molecule has 1 aliphatic rings. The van der Waals surface area contributed by atoms with E-state index in [1.165, 1.54) is 11.1 Å². The van der Waals surface area contributed by atoms with Gasteiger partial charge in [-0.15, -0.1) is 0 Å². The van der Waals surface area contributed by atoms with Gasteiger partial charge in [0, 0.05) is 55.4 Å². The van der Waals surface area contributed by atoms with Gasteiger partial charge in [-0.25, -0.2) is 0 Å². The van der Waals surface area contributed by atoms with Crippen molar-refractivity contribution in [2.45, 2.75) is 0 Å². The number of hydrogen-bond acceptors (Lipinski definition) is 4. The number of benzene rings is 10. The second-order valence-corrected chi connectivity index (χ2v) is 15.6. The van der Waals surface area contributed by atoms with Crippen LogP contribution in [0.5, 0.6) is 11.5 Å². The SMILES string of the molecule is c1ccc(-c2ccc(N(c3ccc(-c4cccc5c4oc4ccccc45)cc3)c3ccc4c5c(cccc35)-c3c(cccc3N(c3ccccc3)c3ccccc3)O4)cc2)cc1. The van der Waals surface area contributed by atoms with Crippen LogP contribution in [0.1, 0.15) is 0 Å². The second-order valence-electron chi connectivity index (χ2n) is 15.6. The van der Waals surface area contributed by atoms with Gasteiger partial charge < -0.3 is 19.0 Å². The Morgan fingerprint density at radius 1 is 0.306 bits per heavy atom. The van der Waals surface area contributed by atoms with Crippen molar-refractivity contribution in [1.29, 1.82) is 0 Å². The summed E-state index contributed by atoms with van der Waals surface area (Å²) in [6.07, 6.45) is 0. The minimum Gasteiger partial charge on any atom is -0.456 e. The lowest BCUT2D eigenvalue weighted by Gasteiger charge is -2.32. The van der Waals surface area contributed by atoms with Gasteiger partial charge in [0.2, 0.25) is 0 Å². The van der Waals surface area contributed by atoms with Gasteiger partial charge in [-0.1, -0.05) is 152 Å². The highest BCUT2D eigenvalue weighted by Crippen LogP contribution is 2.55. The summed E-state index contributed by atoms with van der Waals surface area (Å²) < 4.78 is 13.4. The zero-order valence-corrected chi connectivity index (χ0v) is 33.7. The second kappa shape index (κ2) is 14.7. The molecule has 0 bridgehead atoms. The summed E-state index contributed by atoms with van der Waals surface area (Å²) in [6, 6.07) is 81.4. The third-order valence-electron chi connectivity index (χ3n) is 12.1. The highest BCUT2D eigenvalue weighted by molar-refractivity contribution is 6.13. The first kappa shape index (κ1) is 35.6. The van der Waals surface area contributed by atoms with E-state index in [0.717, 1.165) is 101 Å². The molecule has 0 spiro atoms. The molecule has 0 unspecified atom stereocenters. The molecule has 10 aromatic carbocycles. The Morgan fingerprint density at radius 3 is 1.55 bits per heavy atom. The fourth-order valence-electron chi connectivity index (χ4n) is 9.23. The minimum atomic E-state index is 0.829. The van der Waals surface area contributed by atoms with Crippen molar-refractivity contribution in [1.82, 2.24) is 0 Å². The molecule has 2 heterocycles. The van der Waals surface area contributed by atoms with Gasteiger partial charge in [0.1, 0.15) is 22.7 Å². The molecule has 0 saturated carbocycles. The van der Waals surface area contributed by atoms with Crippen LogP contribution in [0.15, 0.2) is 235 Å². The molecular weight excluding hydrogens is 757 g/mol. The average molecular weight is 795 g/mol. The molecule has 0 atom stereocenters. The Hall–Kier alpha value is -8.34. The Kier molecular flexibility index (Phi) is 8.46. The van der Waals surface area contributed by atoms with Crippen molar-refractivity contribution in [2.24, 2.45) is 0 Å². The van der Waals surface area contributed by atoms with Gasteiger partial charge in [-0.2, -0.15) is 0 Å². The molecule has 4 heteroatoms. The zero-order valence-electron chi connectivity index (χ0n) is 33.7. The molecule has 0 N–H and O–H groups in total. The lowest BCUT2D eigenvalue weighted by molar-refractivity contribution is 0.487. The summed E-state index contributed by atoms with van der Waals surface area (Å²) in [5, 5.41) is 4.41. The Morgan fingerprint density at radius 2 is 0.839 bits per heavy atom. The number of para-hydroxylation sites is 4. The molecule has 0 amide bonds. The smallest absolute Gasteiger partial charge is 0.143 e.